The molecule has 7 nitrogen and oxygen atoms in total. The van der Waals surface area contributed by atoms with Crippen LogP contribution in [0.15, 0.2) is 42.9 Å². The van der Waals surface area contributed by atoms with Crippen LogP contribution in [-0.2, 0) is 6.54 Å². The zero-order valence-electron chi connectivity index (χ0n) is 15.9. The van der Waals surface area contributed by atoms with Crippen molar-refractivity contribution in [3.05, 3.63) is 54.0 Å². The third-order valence-electron chi connectivity index (χ3n) is 6.00. The summed E-state index contributed by atoms with van der Waals surface area (Å²) in [5.41, 5.74) is 1.45. The SMILES string of the molecule is O=C(O)c1cccc(CN2CCC3(CC2)CC(O)CN(c2cnccn2)C3)c1. The highest BCUT2D eigenvalue weighted by Gasteiger charge is 2.41. The van der Waals surface area contributed by atoms with E-state index in [0.717, 1.165) is 56.8 Å². The van der Waals surface area contributed by atoms with Gasteiger partial charge in [0.15, 0.2) is 0 Å². The van der Waals surface area contributed by atoms with Crippen LogP contribution in [-0.4, -0.2) is 63.3 Å². The average molecular weight is 382 g/mol. The molecule has 1 atom stereocenters. The summed E-state index contributed by atoms with van der Waals surface area (Å²) in [6.07, 6.45) is 7.62. The molecule has 0 bridgehead atoms. The van der Waals surface area contributed by atoms with Crippen molar-refractivity contribution in [2.75, 3.05) is 31.1 Å². The van der Waals surface area contributed by atoms with E-state index in [1.54, 1.807) is 36.8 Å². The highest BCUT2D eigenvalue weighted by molar-refractivity contribution is 5.87. The van der Waals surface area contributed by atoms with Gasteiger partial charge >= 0.3 is 5.97 Å². The van der Waals surface area contributed by atoms with Gasteiger partial charge in [-0.1, -0.05) is 12.1 Å². The van der Waals surface area contributed by atoms with E-state index in [9.17, 15) is 15.0 Å². The molecule has 2 aliphatic rings. The van der Waals surface area contributed by atoms with Gasteiger partial charge in [-0.05, 0) is 55.5 Å². The Bertz CT molecular complexity index is 821. The second-order valence-electron chi connectivity index (χ2n) is 8.08. The Morgan fingerprint density at radius 2 is 2.07 bits per heavy atom. The molecule has 2 aromatic rings. The smallest absolute Gasteiger partial charge is 0.335 e. The lowest BCUT2D eigenvalue weighted by Crippen LogP contribution is -2.54. The Hall–Kier alpha value is -2.51. The van der Waals surface area contributed by atoms with Gasteiger partial charge in [-0.25, -0.2) is 9.78 Å². The summed E-state index contributed by atoms with van der Waals surface area (Å²) >= 11 is 0. The van der Waals surface area contributed by atoms with Gasteiger partial charge in [-0.15, -0.1) is 0 Å². The second-order valence-corrected chi connectivity index (χ2v) is 8.08. The number of β-amino-alcohol motifs (C(OH)–C–C–N with tert-alkyl or cyclic N) is 1. The summed E-state index contributed by atoms with van der Waals surface area (Å²) in [5.74, 6) is -0.0618. The van der Waals surface area contributed by atoms with Gasteiger partial charge in [0, 0.05) is 32.0 Å². The number of carbonyl (C=O) groups is 1. The zero-order valence-corrected chi connectivity index (χ0v) is 15.9. The van der Waals surface area contributed by atoms with Gasteiger partial charge in [0.1, 0.15) is 5.82 Å². The molecule has 7 heteroatoms. The zero-order chi connectivity index (χ0) is 19.6. The minimum absolute atomic E-state index is 0.0919. The molecule has 0 radical (unpaired) electrons. The van der Waals surface area contributed by atoms with Crippen molar-refractivity contribution in [3.8, 4) is 0 Å². The van der Waals surface area contributed by atoms with Gasteiger partial charge in [0.05, 0.1) is 17.9 Å². The first-order chi connectivity index (χ1) is 13.5. The largest absolute Gasteiger partial charge is 0.478 e. The predicted octanol–water partition coefficient (Wildman–Crippen LogP) is 2.03. The van der Waals surface area contributed by atoms with E-state index in [4.69, 9.17) is 0 Å². The minimum atomic E-state index is -0.889. The Morgan fingerprint density at radius 1 is 1.25 bits per heavy atom. The maximum Gasteiger partial charge on any atom is 0.335 e. The molecule has 1 spiro atoms. The first-order valence-corrected chi connectivity index (χ1v) is 9.77. The van der Waals surface area contributed by atoms with E-state index >= 15 is 0 Å². The number of aliphatic hydroxyl groups excluding tert-OH is 1. The van der Waals surface area contributed by atoms with Crippen molar-refractivity contribution in [2.24, 2.45) is 5.41 Å². The van der Waals surface area contributed by atoms with E-state index < -0.39 is 5.97 Å². The molecule has 2 N–H and O–H groups in total. The molecule has 3 heterocycles. The number of anilines is 1. The molecule has 1 aromatic heterocycles. The summed E-state index contributed by atoms with van der Waals surface area (Å²) < 4.78 is 0. The standard InChI is InChI=1S/C21H26N4O3/c26-18-11-21(15-25(14-18)19-12-22-6-7-23-19)4-8-24(9-5-21)13-16-2-1-3-17(10-16)20(27)28/h1-3,6-7,10,12,18,26H,4-5,8-9,11,13-15H2,(H,27,28). The van der Waals surface area contributed by atoms with Crippen molar-refractivity contribution < 1.29 is 15.0 Å². The third-order valence-corrected chi connectivity index (χ3v) is 6.00. The van der Waals surface area contributed by atoms with Crippen LogP contribution in [0.5, 0.6) is 0 Å². The lowest BCUT2D eigenvalue weighted by atomic mass is 9.71. The number of aromatic carboxylic acids is 1. The fourth-order valence-corrected chi connectivity index (χ4v) is 4.59. The molecule has 0 saturated carbocycles. The number of aliphatic hydroxyl groups is 1. The molecule has 0 amide bonds. The number of hydrogen-bond acceptors (Lipinski definition) is 6. The number of carboxylic acids is 1. The Balaban J connectivity index is 1.40. The summed E-state index contributed by atoms with van der Waals surface area (Å²) in [7, 11) is 0. The highest BCUT2D eigenvalue weighted by Crippen LogP contribution is 2.41. The molecule has 2 fully saturated rings. The summed E-state index contributed by atoms with van der Waals surface area (Å²) in [5, 5.41) is 19.7. The molecular weight excluding hydrogens is 356 g/mol. The molecule has 2 aliphatic heterocycles. The lowest BCUT2D eigenvalue weighted by Gasteiger charge is -2.49. The Morgan fingerprint density at radius 3 is 2.79 bits per heavy atom. The molecule has 0 aliphatic carbocycles. The highest BCUT2D eigenvalue weighted by atomic mass is 16.4. The van der Waals surface area contributed by atoms with Gasteiger partial charge in [0.2, 0.25) is 0 Å². The van der Waals surface area contributed by atoms with Crippen LogP contribution in [0, 0.1) is 5.41 Å². The van der Waals surface area contributed by atoms with E-state index in [2.05, 4.69) is 19.8 Å². The summed E-state index contributed by atoms with van der Waals surface area (Å²) in [6, 6.07) is 7.17. The van der Waals surface area contributed by atoms with Crippen molar-refractivity contribution in [2.45, 2.75) is 31.9 Å². The van der Waals surface area contributed by atoms with Gasteiger partial charge in [-0.3, -0.25) is 9.88 Å². The van der Waals surface area contributed by atoms with E-state index in [1.807, 2.05) is 6.07 Å². The predicted molar refractivity (Wildman–Crippen MR) is 105 cm³/mol. The van der Waals surface area contributed by atoms with Crippen molar-refractivity contribution >= 4 is 11.8 Å². The molecular formula is C21H26N4O3. The summed E-state index contributed by atoms with van der Waals surface area (Å²) in [6.45, 7) is 4.14. The molecule has 1 aromatic carbocycles. The number of likely N-dealkylation sites (tertiary alicyclic amines) is 1. The van der Waals surface area contributed by atoms with Gasteiger partial charge in [0.25, 0.3) is 0 Å². The fourth-order valence-electron chi connectivity index (χ4n) is 4.59. The molecule has 2 saturated heterocycles. The molecule has 28 heavy (non-hydrogen) atoms. The van der Waals surface area contributed by atoms with Crippen molar-refractivity contribution in [1.82, 2.24) is 14.9 Å². The fraction of sp³-hybridized carbons (Fsp3) is 0.476. The normalized spacial score (nSPS) is 22.3. The second kappa shape index (κ2) is 7.85. The maximum absolute atomic E-state index is 11.2. The number of piperidine rings is 2. The van der Waals surface area contributed by atoms with Crippen molar-refractivity contribution in [1.29, 1.82) is 0 Å². The number of carboxylic acid groups (broad SMARTS) is 1. The number of aromatic nitrogens is 2. The maximum atomic E-state index is 11.2. The van der Waals surface area contributed by atoms with Crippen LogP contribution in [0.3, 0.4) is 0 Å². The van der Waals surface area contributed by atoms with Crippen LogP contribution in [0.1, 0.15) is 35.2 Å². The number of hydrogen-bond donors (Lipinski definition) is 2. The number of benzene rings is 1. The van der Waals surface area contributed by atoms with Crippen molar-refractivity contribution in [3.63, 3.8) is 0 Å². The van der Waals surface area contributed by atoms with Gasteiger partial charge < -0.3 is 15.1 Å². The van der Waals surface area contributed by atoms with Crippen LogP contribution in [0.2, 0.25) is 0 Å². The Kier molecular flexibility index (Phi) is 5.28. The number of nitrogens with zero attached hydrogens (tertiary/aromatic N) is 4. The number of rotatable bonds is 4. The monoisotopic (exact) mass is 382 g/mol. The van der Waals surface area contributed by atoms with Crippen LogP contribution >= 0.6 is 0 Å². The van der Waals surface area contributed by atoms with Gasteiger partial charge in [-0.2, -0.15) is 0 Å². The summed E-state index contributed by atoms with van der Waals surface area (Å²) in [4.78, 5) is 24.3. The first-order valence-electron chi connectivity index (χ1n) is 9.77. The topological polar surface area (TPSA) is 89.8 Å². The third kappa shape index (κ3) is 4.15. The van der Waals surface area contributed by atoms with Crippen LogP contribution < -0.4 is 4.90 Å². The first kappa shape index (κ1) is 18.8. The lowest BCUT2D eigenvalue weighted by molar-refractivity contribution is 0.0244. The van der Waals surface area contributed by atoms with E-state index in [0.29, 0.717) is 12.1 Å². The average Bonchev–Trinajstić information content (AvgIpc) is 2.70. The molecule has 148 valence electrons. The van der Waals surface area contributed by atoms with E-state index in [1.165, 1.54) is 0 Å². The molecule has 4 rings (SSSR count). The quantitative estimate of drug-likeness (QED) is 0.836. The van der Waals surface area contributed by atoms with E-state index in [-0.39, 0.29) is 11.5 Å². The van der Waals surface area contributed by atoms with Crippen LogP contribution in [0.25, 0.3) is 0 Å². The molecule has 1 unspecified atom stereocenters. The Labute approximate surface area is 164 Å². The minimum Gasteiger partial charge on any atom is -0.478 e. The van der Waals surface area contributed by atoms with Crippen LogP contribution in [0.4, 0.5) is 5.82 Å².